The van der Waals surface area contributed by atoms with Crippen molar-refractivity contribution in [1.29, 1.82) is 0 Å². The van der Waals surface area contributed by atoms with Gasteiger partial charge in [-0.2, -0.15) is 4.31 Å². The first kappa shape index (κ1) is 17.9. The lowest BCUT2D eigenvalue weighted by Crippen LogP contribution is -2.51. The van der Waals surface area contributed by atoms with Gasteiger partial charge in [-0.1, -0.05) is 32.1 Å². The summed E-state index contributed by atoms with van der Waals surface area (Å²) in [5.41, 5.74) is 0. The number of sulfonamides is 1. The Morgan fingerprint density at radius 1 is 0.957 bits per heavy atom. The monoisotopic (exact) mass is 420 g/mol. The first-order valence-electron chi connectivity index (χ1n) is 8.57. The lowest BCUT2D eigenvalue weighted by Gasteiger charge is -2.39. The van der Waals surface area contributed by atoms with Gasteiger partial charge >= 0.3 is 0 Å². The Balaban J connectivity index is 1.59. The standard InChI is InChI=1S/C16H25BrN2O2S2/c17-15-8-9-16(22-15)23(20,21)19-12-10-18(11-13-19)14-6-4-2-1-3-5-7-14/h8-9,14H,1-7,10-13H2. The van der Waals surface area contributed by atoms with Crippen molar-refractivity contribution in [2.24, 2.45) is 0 Å². The van der Waals surface area contributed by atoms with Crippen LogP contribution in [-0.4, -0.2) is 49.8 Å². The van der Waals surface area contributed by atoms with E-state index in [1.165, 1.54) is 56.3 Å². The summed E-state index contributed by atoms with van der Waals surface area (Å²) in [4.78, 5) is 2.53. The summed E-state index contributed by atoms with van der Waals surface area (Å²) in [6.45, 7) is 2.98. The number of rotatable bonds is 3. The molecule has 2 heterocycles. The highest BCUT2D eigenvalue weighted by Gasteiger charge is 2.31. The normalized spacial score (nSPS) is 23.5. The molecule has 0 amide bonds. The Morgan fingerprint density at radius 3 is 2.13 bits per heavy atom. The molecule has 1 aliphatic heterocycles. The zero-order valence-electron chi connectivity index (χ0n) is 13.4. The highest BCUT2D eigenvalue weighted by Crippen LogP contribution is 2.29. The van der Waals surface area contributed by atoms with E-state index in [9.17, 15) is 8.42 Å². The van der Waals surface area contributed by atoms with Gasteiger partial charge in [-0.3, -0.25) is 4.90 Å². The van der Waals surface area contributed by atoms with Gasteiger partial charge in [0.05, 0.1) is 3.79 Å². The van der Waals surface area contributed by atoms with E-state index in [2.05, 4.69) is 20.8 Å². The molecule has 0 bridgehead atoms. The van der Waals surface area contributed by atoms with Crippen molar-refractivity contribution in [3.63, 3.8) is 0 Å². The van der Waals surface area contributed by atoms with E-state index < -0.39 is 10.0 Å². The molecule has 23 heavy (non-hydrogen) atoms. The molecule has 1 aliphatic carbocycles. The minimum Gasteiger partial charge on any atom is -0.298 e. The van der Waals surface area contributed by atoms with E-state index in [-0.39, 0.29) is 0 Å². The van der Waals surface area contributed by atoms with Crippen LogP contribution in [0.5, 0.6) is 0 Å². The Bertz CT molecular complexity index is 601. The summed E-state index contributed by atoms with van der Waals surface area (Å²) in [5, 5.41) is 0. The van der Waals surface area contributed by atoms with Crippen LogP contribution in [0.3, 0.4) is 0 Å². The van der Waals surface area contributed by atoms with Crippen LogP contribution in [0.15, 0.2) is 20.1 Å². The molecular weight excluding hydrogens is 396 g/mol. The highest BCUT2D eigenvalue weighted by molar-refractivity contribution is 9.11. The molecule has 130 valence electrons. The van der Waals surface area contributed by atoms with Gasteiger partial charge in [0.25, 0.3) is 10.0 Å². The Hall–Kier alpha value is 0.0500. The molecule has 0 radical (unpaired) electrons. The second kappa shape index (κ2) is 7.95. The Kier molecular flexibility index (Phi) is 6.18. The van der Waals surface area contributed by atoms with Gasteiger partial charge in [-0.25, -0.2) is 8.42 Å². The molecule has 7 heteroatoms. The van der Waals surface area contributed by atoms with E-state index in [0.717, 1.165) is 16.9 Å². The maximum Gasteiger partial charge on any atom is 0.252 e. The maximum absolute atomic E-state index is 12.7. The van der Waals surface area contributed by atoms with Crippen molar-refractivity contribution < 1.29 is 8.42 Å². The molecule has 1 aromatic heterocycles. The Labute approximate surface area is 152 Å². The molecular formula is C16H25BrN2O2S2. The van der Waals surface area contributed by atoms with Crippen molar-refractivity contribution >= 4 is 37.3 Å². The van der Waals surface area contributed by atoms with E-state index in [4.69, 9.17) is 0 Å². The largest absolute Gasteiger partial charge is 0.298 e. The fraction of sp³-hybridized carbons (Fsp3) is 0.750. The third kappa shape index (κ3) is 4.37. The minimum absolute atomic E-state index is 0.448. The summed E-state index contributed by atoms with van der Waals surface area (Å²) in [7, 11) is -3.31. The second-order valence-electron chi connectivity index (χ2n) is 6.50. The van der Waals surface area contributed by atoms with Crippen molar-refractivity contribution in [3.05, 3.63) is 15.9 Å². The van der Waals surface area contributed by atoms with Crippen molar-refractivity contribution in [2.75, 3.05) is 26.2 Å². The van der Waals surface area contributed by atoms with Gasteiger partial charge in [-0.05, 0) is 40.9 Å². The van der Waals surface area contributed by atoms with Crippen LogP contribution in [-0.2, 0) is 10.0 Å². The number of piperazine rings is 1. The molecule has 1 saturated heterocycles. The van der Waals surface area contributed by atoms with Crippen molar-refractivity contribution in [3.8, 4) is 0 Å². The number of hydrogen-bond donors (Lipinski definition) is 0. The second-order valence-corrected chi connectivity index (χ2v) is 11.1. The van der Waals surface area contributed by atoms with Crippen LogP contribution in [0.25, 0.3) is 0 Å². The summed E-state index contributed by atoms with van der Waals surface area (Å²) >= 11 is 4.65. The highest BCUT2D eigenvalue weighted by atomic mass is 79.9. The zero-order valence-corrected chi connectivity index (χ0v) is 16.6. The predicted molar refractivity (Wildman–Crippen MR) is 98.5 cm³/mol. The lowest BCUT2D eigenvalue weighted by atomic mass is 9.95. The van der Waals surface area contributed by atoms with E-state index >= 15 is 0 Å². The fourth-order valence-corrected chi connectivity index (χ4v) is 7.26. The number of nitrogens with zero attached hydrogens (tertiary/aromatic N) is 2. The lowest BCUT2D eigenvalue weighted by molar-refractivity contribution is 0.118. The van der Waals surface area contributed by atoms with Crippen LogP contribution in [0.2, 0.25) is 0 Å². The van der Waals surface area contributed by atoms with Gasteiger partial charge in [0.15, 0.2) is 0 Å². The van der Waals surface area contributed by atoms with Crippen LogP contribution in [0, 0.1) is 0 Å². The first-order chi connectivity index (χ1) is 11.1. The number of thiophene rings is 1. The van der Waals surface area contributed by atoms with Crippen LogP contribution < -0.4 is 0 Å². The summed E-state index contributed by atoms with van der Waals surface area (Å²) in [6.07, 6.45) is 9.32. The van der Waals surface area contributed by atoms with Gasteiger partial charge in [0.2, 0.25) is 0 Å². The SMILES string of the molecule is O=S(=O)(c1ccc(Br)s1)N1CCN(C2CCCCCCC2)CC1. The molecule has 0 spiro atoms. The van der Waals surface area contributed by atoms with Gasteiger partial charge < -0.3 is 0 Å². The number of halogens is 1. The Morgan fingerprint density at radius 2 is 1.57 bits per heavy atom. The smallest absolute Gasteiger partial charge is 0.252 e. The van der Waals surface area contributed by atoms with Crippen LogP contribution >= 0.6 is 27.3 Å². The minimum atomic E-state index is -3.31. The summed E-state index contributed by atoms with van der Waals surface area (Å²) in [5.74, 6) is 0. The van der Waals surface area contributed by atoms with Crippen molar-refractivity contribution in [1.82, 2.24) is 9.21 Å². The fourth-order valence-electron chi connectivity index (χ4n) is 3.67. The average molecular weight is 421 g/mol. The van der Waals surface area contributed by atoms with Crippen LogP contribution in [0.4, 0.5) is 0 Å². The van der Waals surface area contributed by atoms with Crippen molar-refractivity contribution in [2.45, 2.75) is 55.2 Å². The molecule has 2 aliphatic rings. The summed E-state index contributed by atoms with van der Waals surface area (Å²) < 4.78 is 28.3. The molecule has 0 N–H and O–H groups in total. The third-order valence-electron chi connectivity index (χ3n) is 5.01. The molecule has 0 aromatic carbocycles. The molecule has 1 saturated carbocycles. The average Bonchev–Trinajstić information content (AvgIpc) is 2.95. The van der Waals surface area contributed by atoms with Gasteiger partial charge in [0, 0.05) is 32.2 Å². The topological polar surface area (TPSA) is 40.6 Å². The number of hydrogen-bond acceptors (Lipinski definition) is 4. The van der Waals surface area contributed by atoms with Gasteiger partial charge in [-0.15, -0.1) is 11.3 Å². The van der Waals surface area contributed by atoms with Crippen LogP contribution in [0.1, 0.15) is 44.9 Å². The molecule has 2 fully saturated rings. The zero-order chi connectivity index (χ0) is 16.3. The molecule has 1 aromatic rings. The van der Waals surface area contributed by atoms with E-state index in [1.807, 2.05) is 6.07 Å². The first-order valence-corrected chi connectivity index (χ1v) is 11.6. The molecule has 0 unspecified atom stereocenters. The van der Waals surface area contributed by atoms with E-state index in [1.54, 1.807) is 10.4 Å². The van der Waals surface area contributed by atoms with E-state index in [0.29, 0.717) is 23.3 Å². The molecule has 4 nitrogen and oxygen atoms in total. The predicted octanol–water partition coefficient (Wildman–Crippen LogP) is 3.93. The maximum atomic E-state index is 12.7. The van der Waals surface area contributed by atoms with Gasteiger partial charge in [0.1, 0.15) is 4.21 Å². The summed E-state index contributed by atoms with van der Waals surface area (Å²) in [6, 6.07) is 4.17. The third-order valence-corrected chi connectivity index (χ3v) is 9.00. The molecule has 0 atom stereocenters. The quantitative estimate of drug-likeness (QED) is 0.743. The molecule has 3 rings (SSSR count).